The van der Waals surface area contributed by atoms with Crippen LogP contribution in [-0.4, -0.2) is 37.2 Å². The van der Waals surface area contributed by atoms with Gasteiger partial charge in [0.15, 0.2) is 0 Å². The zero-order valence-electron chi connectivity index (χ0n) is 11.0. The van der Waals surface area contributed by atoms with Crippen LogP contribution in [0.15, 0.2) is 24.3 Å². The first kappa shape index (κ1) is 9.42. The second-order valence-corrected chi connectivity index (χ2v) is 4.23. The van der Waals surface area contributed by atoms with Crippen LogP contribution in [0.3, 0.4) is 0 Å². The monoisotopic (exact) mass is 242 g/mol. The minimum Gasteiger partial charge on any atom is -0.374 e. The Bertz CT molecular complexity index is 400. The lowest BCUT2D eigenvalue weighted by Crippen LogP contribution is -2.45. The summed E-state index contributed by atoms with van der Waals surface area (Å²) in [5.41, 5.74) is 6.18. The van der Waals surface area contributed by atoms with E-state index in [1.807, 2.05) is 0 Å². The summed E-state index contributed by atoms with van der Waals surface area (Å²) in [6.45, 7) is 0.461. The third-order valence-corrected chi connectivity index (χ3v) is 2.79. The molecule has 0 bridgehead atoms. The van der Waals surface area contributed by atoms with E-state index >= 15 is 0 Å². The van der Waals surface area contributed by atoms with E-state index in [4.69, 9.17) is 24.8 Å². The van der Waals surface area contributed by atoms with Crippen molar-refractivity contribution in [2.45, 2.75) is 12.6 Å². The van der Waals surface area contributed by atoms with Gasteiger partial charge < -0.3 is 10.5 Å². The van der Waals surface area contributed by atoms with Crippen molar-refractivity contribution in [2.75, 3.05) is 26.2 Å². The van der Waals surface area contributed by atoms with E-state index in [0.29, 0.717) is 36.8 Å². The van der Waals surface area contributed by atoms with Crippen molar-refractivity contribution in [2.24, 2.45) is 5.73 Å². The molecule has 1 aromatic rings. The van der Waals surface area contributed by atoms with Crippen LogP contribution in [0.4, 0.5) is 0 Å². The topological polar surface area (TPSA) is 38.5 Å². The minimum atomic E-state index is -1.53. The van der Waals surface area contributed by atoms with Gasteiger partial charge in [0.05, 0.1) is 12.7 Å². The summed E-state index contributed by atoms with van der Waals surface area (Å²) in [5, 5.41) is 0.608. The zero-order valence-corrected chi connectivity index (χ0v) is 9.78. The van der Waals surface area contributed by atoms with Gasteiger partial charge in [-0.1, -0.05) is 23.7 Å². The molecule has 1 fully saturated rings. The zero-order chi connectivity index (χ0) is 13.2. The van der Waals surface area contributed by atoms with Crippen LogP contribution in [0, 0.1) is 0 Å². The van der Waals surface area contributed by atoms with Crippen molar-refractivity contribution in [1.82, 2.24) is 4.90 Å². The third kappa shape index (κ3) is 3.19. The maximum absolute atomic E-state index is 8.25. The highest BCUT2D eigenvalue weighted by atomic mass is 35.5. The van der Waals surface area contributed by atoms with Gasteiger partial charge in [-0.15, -0.1) is 0 Å². The highest BCUT2D eigenvalue weighted by molar-refractivity contribution is 6.30. The van der Waals surface area contributed by atoms with Crippen molar-refractivity contribution in [3.05, 3.63) is 34.9 Å². The second kappa shape index (κ2) is 5.64. The fourth-order valence-electron chi connectivity index (χ4n) is 1.67. The first-order chi connectivity index (χ1) is 8.54. The molecule has 2 rings (SSSR count). The van der Waals surface area contributed by atoms with Gasteiger partial charge in [-0.05, 0) is 17.7 Å². The Morgan fingerprint density at radius 2 is 2.25 bits per heavy atom. The molecule has 0 amide bonds. The normalized spacial score (nSPS) is 25.0. The van der Waals surface area contributed by atoms with Gasteiger partial charge in [0.1, 0.15) is 0 Å². The molecule has 1 aliphatic rings. The van der Waals surface area contributed by atoms with Crippen LogP contribution in [0.25, 0.3) is 0 Å². The number of halogens is 1. The molecular formula is C12H17ClN2O. The maximum Gasteiger partial charge on any atom is 0.0824 e. The second-order valence-electron chi connectivity index (χ2n) is 3.79. The van der Waals surface area contributed by atoms with Gasteiger partial charge >= 0.3 is 0 Å². The quantitative estimate of drug-likeness (QED) is 0.873. The molecule has 0 aromatic heterocycles. The largest absolute Gasteiger partial charge is 0.374 e. The Kier molecular flexibility index (Phi) is 3.32. The molecule has 0 saturated carbocycles. The Morgan fingerprint density at radius 1 is 1.50 bits per heavy atom. The summed E-state index contributed by atoms with van der Waals surface area (Å²) in [6, 6.07) is 6.84. The predicted octanol–water partition coefficient (Wildman–Crippen LogP) is 1.50. The molecule has 1 heterocycles. The van der Waals surface area contributed by atoms with Crippen molar-refractivity contribution in [3.63, 3.8) is 0 Å². The van der Waals surface area contributed by atoms with Crippen molar-refractivity contribution in [3.8, 4) is 0 Å². The van der Waals surface area contributed by atoms with Gasteiger partial charge in [-0.25, -0.2) is 0 Å². The lowest BCUT2D eigenvalue weighted by molar-refractivity contribution is -0.0260. The molecule has 1 atom stereocenters. The molecule has 1 saturated heterocycles. The first-order valence-corrected chi connectivity index (χ1v) is 5.74. The lowest BCUT2D eigenvalue weighted by Gasteiger charge is -2.32. The predicted molar refractivity (Wildman–Crippen MR) is 65.5 cm³/mol. The Hall–Kier alpha value is -0.610. The molecule has 3 nitrogen and oxygen atoms in total. The van der Waals surface area contributed by atoms with Crippen LogP contribution in [0.5, 0.6) is 0 Å². The van der Waals surface area contributed by atoms with Crippen LogP contribution in [0.1, 0.15) is 8.30 Å². The summed E-state index contributed by atoms with van der Waals surface area (Å²) in [6.07, 6.45) is -0.0962. The number of nitrogens with zero attached hydrogens (tertiary/aromatic N) is 1. The summed E-state index contributed by atoms with van der Waals surface area (Å²) < 4.78 is 22.0. The molecule has 4 heteroatoms. The number of ether oxygens (including phenoxy) is 1. The average molecular weight is 243 g/mol. The summed E-state index contributed by atoms with van der Waals surface area (Å²) >= 11 is 5.82. The fourth-order valence-corrected chi connectivity index (χ4v) is 1.80. The molecule has 0 radical (unpaired) electrons. The van der Waals surface area contributed by atoms with Gasteiger partial charge in [0.2, 0.25) is 0 Å². The number of benzene rings is 1. The Labute approximate surface area is 104 Å². The molecule has 1 unspecified atom stereocenters. The molecule has 2 N–H and O–H groups in total. The molecule has 16 heavy (non-hydrogen) atoms. The van der Waals surface area contributed by atoms with E-state index in [-0.39, 0.29) is 6.10 Å². The van der Waals surface area contributed by atoms with Gasteiger partial charge in [-0.2, -0.15) is 0 Å². The Morgan fingerprint density at radius 3 is 2.94 bits per heavy atom. The van der Waals surface area contributed by atoms with Crippen LogP contribution < -0.4 is 5.73 Å². The van der Waals surface area contributed by atoms with Crippen molar-refractivity contribution in [1.29, 1.82) is 0 Å². The number of hydrogen-bond donors (Lipinski definition) is 1. The fraction of sp³-hybridized carbons (Fsp3) is 0.500. The van der Waals surface area contributed by atoms with E-state index in [1.54, 1.807) is 29.2 Å². The molecule has 1 aromatic carbocycles. The standard InChI is InChI=1S/C12H17ClN2O/c13-11-3-1-10(2-4-11)8-15-5-6-16-12(7-14)9-15/h1-4,12H,5-9,14H2/i8D2. The molecule has 1 aliphatic heterocycles. The number of hydrogen-bond acceptors (Lipinski definition) is 3. The summed E-state index contributed by atoms with van der Waals surface area (Å²) in [7, 11) is 0. The number of rotatable bonds is 3. The van der Waals surface area contributed by atoms with E-state index in [1.165, 1.54) is 0 Å². The van der Waals surface area contributed by atoms with Gasteiger partial charge in [0, 0.05) is 33.9 Å². The van der Waals surface area contributed by atoms with Crippen LogP contribution >= 0.6 is 11.6 Å². The maximum atomic E-state index is 8.25. The number of morpholine rings is 1. The van der Waals surface area contributed by atoms with E-state index in [0.717, 1.165) is 0 Å². The molecular weight excluding hydrogens is 224 g/mol. The van der Waals surface area contributed by atoms with Crippen LogP contribution in [-0.2, 0) is 11.2 Å². The highest BCUT2D eigenvalue weighted by Gasteiger charge is 2.18. The lowest BCUT2D eigenvalue weighted by atomic mass is 10.2. The summed E-state index contributed by atoms with van der Waals surface area (Å²) in [5.74, 6) is 0. The SMILES string of the molecule is [2H]C([2H])(c1ccc(Cl)cc1)N1CCOC(CN)C1. The molecule has 0 aliphatic carbocycles. The highest BCUT2D eigenvalue weighted by Crippen LogP contribution is 2.13. The van der Waals surface area contributed by atoms with Crippen LogP contribution in [0.2, 0.25) is 5.02 Å². The van der Waals surface area contributed by atoms with E-state index < -0.39 is 6.50 Å². The van der Waals surface area contributed by atoms with Gasteiger partial charge in [0.25, 0.3) is 0 Å². The first-order valence-electron chi connectivity index (χ1n) is 6.37. The number of nitrogens with two attached hydrogens (primary N) is 1. The average Bonchev–Trinajstić information content (AvgIpc) is 2.39. The summed E-state index contributed by atoms with van der Waals surface area (Å²) in [4.78, 5) is 1.76. The molecule has 88 valence electrons. The van der Waals surface area contributed by atoms with E-state index in [2.05, 4.69) is 0 Å². The van der Waals surface area contributed by atoms with Gasteiger partial charge in [-0.3, -0.25) is 4.90 Å². The minimum absolute atomic E-state index is 0.0962. The Balaban J connectivity index is 2.16. The smallest absolute Gasteiger partial charge is 0.0824 e. The van der Waals surface area contributed by atoms with Crippen molar-refractivity contribution >= 4 is 11.6 Å². The van der Waals surface area contributed by atoms with E-state index in [9.17, 15) is 0 Å². The molecule has 0 spiro atoms. The van der Waals surface area contributed by atoms with Crippen molar-refractivity contribution < 1.29 is 7.48 Å². The third-order valence-electron chi connectivity index (χ3n) is 2.53.